The van der Waals surface area contributed by atoms with Crippen molar-refractivity contribution in [2.24, 2.45) is 5.92 Å². The largest absolute Gasteiger partial charge is 0.481 e. The third-order valence-corrected chi connectivity index (χ3v) is 5.31. The second kappa shape index (κ2) is 21.1. The minimum Gasteiger partial charge on any atom is -0.481 e. The molecule has 1 unspecified atom stereocenters. The van der Waals surface area contributed by atoms with E-state index in [0.717, 1.165) is 25.7 Å². The van der Waals surface area contributed by atoms with Crippen LogP contribution in [0.4, 0.5) is 0 Å². The van der Waals surface area contributed by atoms with Crippen molar-refractivity contribution in [2.75, 3.05) is 6.61 Å². The van der Waals surface area contributed by atoms with Gasteiger partial charge in [0.15, 0.2) is 0 Å². The summed E-state index contributed by atoms with van der Waals surface area (Å²) in [6.07, 6.45) is 22.9. The number of hydrogen-bond donors (Lipinski definition) is 1. The van der Waals surface area contributed by atoms with Crippen LogP contribution >= 0.6 is 0 Å². The molecule has 0 spiro atoms. The fourth-order valence-corrected chi connectivity index (χ4v) is 3.57. The first-order chi connectivity index (χ1) is 14.1. The summed E-state index contributed by atoms with van der Waals surface area (Å²) in [6, 6.07) is 0. The van der Waals surface area contributed by atoms with Crippen molar-refractivity contribution >= 4 is 11.9 Å². The Bertz CT molecular complexity index is 431. The molecule has 0 aromatic carbocycles. The highest BCUT2D eigenvalue weighted by atomic mass is 16.5. The van der Waals surface area contributed by atoms with Crippen LogP contribution in [0.1, 0.15) is 109 Å². The van der Waals surface area contributed by atoms with E-state index < -0.39 is 17.9 Å². The van der Waals surface area contributed by atoms with Crippen molar-refractivity contribution in [2.45, 2.75) is 109 Å². The summed E-state index contributed by atoms with van der Waals surface area (Å²) in [6.45, 7) is 7.40. The van der Waals surface area contributed by atoms with Crippen LogP contribution in [0.3, 0.4) is 0 Å². The van der Waals surface area contributed by atoms with E-state index in [4.69, 9.17) is 9.84 Å². The number of hydrogen-bond acceptors (Lipinski definition) is 3. The van der Waals surface area contributed by atoms with Crippen LogP contribution in [0.2, 0.25) is 0 Å². The molecule has 0 aromatic heterocycles. The predicted molar refractivity (Wildman–Crippen MR) is 121 cm³/mol. The lowest BCUT2D eigenvalue weighted by molar-refractivity contribution is -0.152. The van der Waals surface area contributed by atoms with Crippen molar-refractivity contribution in [3.05, 3.63) is 25.3 Å². The molecule has 0 bridgehead atoms. The van der Waals surface area contributed by atoms with E-state index in [0.29, 0.717) is 6.42 Å². The molecule has 0 radical (unpaired) electrons. The molecule has 0 saturated heterocycles. The van der Waals surface area contributed by atoms with Gasteiger partial charge in [0.1, 0.15) is 6.61 Å². The minimum absolute atomic E-state index is 0.144. The number of allylic oxidation sites excluding steroid dienone is 1. The van der Waals surface area contributed by atoms with E-state index in [9.17, 15) is 9.59 Å². The first-order valence-corrected chi connectivity index (χ1v) is 11.7. The van der Waals surface area contributed by atoms with Gasteiger partial charge in [-0.3, -0.25) is 9.59 Å². The molecule has 1 N–H and O–H groups in total. The summed E-state index contributed by atoms with van der Waals surface area (Å²) >= 11 is 0. The molecule has 0 fully saturated rings. The molecule has 0 heterocycles. The summed E-state index contributed by atoms with van der Waals surface area (Å²) in [5.74, 6) is -1.89. The average Bonchev–Trinajstić information content (AvgIpc) is 2.70. The second-order valence-corrected chi connectivity index (χ2v) is 8.03. The Hall–Kier alpha value is -1.58. The van der Waals surface area contributed by atoms with Crippen molar-refractivity contribution in [3.8, 4) is 0 Å². The van der Waals surface area contributed by atoms with Gasteiger partial charge in [-0.2, -0.15) is 0 Å². The highest BCUT2D eigenvalue weighted by molar-refractivity contribution is 5.79. The summed E-state index contributed by atoms with van der Waals surface area (Å²) in [4.78, 5) is 22.8. The molecule has 0 saturated carbocycles. The van der Waals surface area contributed by atoms with Crippen LogP contribution < -0.4 is 0 Å². The van der Waals surface area contributed by atoms with Crippen LogP contribution in [0, 0.1) is 5.92 Å². The maximum absolute atomic E-state index is 11.9. The van der Waals surface area contributed by atoms with Gasteiger partial charge in [0.05, 0.1) is 12.3 Å². The molecule has 0 rings (SSSR count). The Morgan fingerprint density at radius 1 is 0.724 bits per heavy atom. The summed E-state index contributed by atoms with van der Waals surface area (Å²) < 4.78 is 5.01. The highest BCUT2D eigenvalue weighted by Crippen LogP contribution is 2.18. The van der Waals surface area contributed by atoms with Gasteiger partial charge in [-0.25, -0.2) is 0 Å². The maximum atomic E-state index is 11.9. The number of aliphatic carboxylic acids is 1. The number of unbranched alkanes of at least 4 members (excludes halogenated alkanes) is 14. The van der Waals surface area contributed by atoms with Crippen LogP contribution in [-0.2, 0) is 14.3 Å². The average molecular weight is 409 g/mol. The van der Waals surface area contributed by atoms with Gasteiger partial charge in [-0.15, -0.1) is 6.58 Å². The fourth-order valence-electron chi connectivity index (χ4n) is 3.57. The van der Waals surface area contributed by atoms with Crippen molar-refractivity contribution in [1.29, 1.82) is 0 Å². The van der Waals surface area contributed by atoms with Crippen LogP contribution in [0.5, 0.6) is 0 Å². The highest BCUT2D eigenvalue weighted by Gasteiger charge is 2.22. The van der Waals surface area contributed by atoms with Crippen molar-refractivity contribution in [1.82, 2.24) is 0 Å². The molecule has 0 aliphatic heterocycles. The molecule has 4 heteroatoms. The fraction of sp³-hybridized carbons (Fsp3) is 0.760. The number of carboxylic acids is 1. The SMILES string of the molecule is C=CCCCCCCCCCCCCCCCCC(CC(=O)O)C(=O)OCC=C. The Morgan fingerprint density at radius 2 is 1.17 bits per heavy atom. The predicted octanol–water partition coefficient (Wildman–Crippen LogP) is 7.23. The third-order valence-electron chi connectivity index (χ3n) is 5.31. The van der Waals surface area contributed by atoms with Crippen molar-refractivity contribution in [3.63, 3.8) is 0 Å². The number of carboxylic acid groups (broad SMARTS) is 1. The summed E-state index contributed by atoms with van der Waals surface area (Å²) in [7, 11) is 0. The van der Waals surface area contributed by atoms with E-state index in [2.05, 4.69) is 13.2 Å². The lowest BCUT2D eigenvalue weighted by Gasteiger charge is -2.13. The lowest BCUT2D eigenvalue weighted by Crippen LogP contribution is -2.21. The molecule has 1 atom stereocenters. The first-order valence-electron chi connectivity index (χ1n) is 11.7. The van der Waals surface area contributed by atoms with Crippen LogP contribution in [-0.4, -0.2) is 23.7 Å². The number of rotatable bonds is 22. The third kappa shape index (κ3) is 19.5. The Morgan fingerprint density at radius 3 is 1.59 bits per heavy atom. The van der Waals surface area contributed by atoms with Gasteiger partial charge in [0.25, 0.3) is 0 Å². The number of esters is 1. The number of carbonyl (C=O) groups excluding carboxylic acids is 1. The van der Waals surface area contributed by atoms with Crippen LogP contribution in [0.25, 0.3) is 0 Å². The molecule has 0 aliphatic rings. The Kier molecular flexibility index (Phi) is 20.0. The zero-order valence-corrected chi connectivity index (χ0v) is 18.5. The molecular weight excluding hydrogens is 364 g/mol. The van der Waals surface area contributed by atoms with Gasteiger partial charge >= 0.3 is 11.9 Å². The molecule has 0 aromatic rings. The zero-order chi connectivity index (χ0) is 21.6. The van der Waals surface area contributed by atoms with E-state index >= 15 is 0 Å². The number of ether oxygens (including phenoxy) is 1. The second-order valence-electron chi connectivity index (χ2n) is 8.03. The smallest absolute Gasteiger partial charge is 0.309 e. The van der Waals surface area contributed by atoms with E-state index in [1.807, 2.05) is 6.08 Å². The molecule has 0 amide bonds. The topological polar surface area (TPSA) is 63.6 Å². The van der Waals surface area contributed by atoms with Gasteiger partial charge in [-0.05, 0) is 19.3 Å². The van der Waals surface area contributed by atoms with Gasteiger partial charge in [0.2, 0.25) is 0 Å². The lowest BCUT2D eigenvalue weighted by atomic mass is 9.97. The van der Waals surface area contributed by atoms with E-state index in [-0.39, 0.29) is 13.0 Å². The molecule has 168 valence electrons. The summed E-state index contributed by atoms with van der Waals surface area (Å²) in [5.41, 5.74) is 0. The summed E-state index contributed by atoms with van der Waals surface area (Å²) in [5, 5.41) is 8.96. The van der Waals surface area contributed by atoms with Gasteiger partial charge in [-0.1, -0.05) is 102 Å². The van der Waals surface area contributed by atoms with E-state index in [1.165, 1.54) is 76.7 Å². The van der Waals surface area contributed by atoms with E-state index in [1.54, 1.807) is 0 Å². The maximum Gasteiger partial charge on any atom is 0.309 e. The minimum atomic E-state index is -0.946. The Balaban J connectivity index is 3.49. The van der Waals surface area contributed by atoms with Crippen molar-refractivity contribution < 1.29 is 19.4 Å². The van der Waals surface area contributed by atoms with Gasteiger partial charge < -0.3 is 9.84 Å². The first kappa shape index (κ1) is 27.4. The number of carbonyl (C=O) groups is 2. The molecule has 0 aliphatic carbocycles. The van der Waals surface area contributed by atoms with Gasteiger partial charge in [0, 0.05) is 0 Å². The molecular formula is C25H44O4. The standard InChI is InChI=1S/C25H44O4/c1-3-5-6-7-8-9-10-11-12-13-14-15-16-17-18-19-20-23(22-24(26)27)25(28)29-21-4-2/h3-4,23H,1-2,5-22H2,(H,26,27). The molecule has 29 heavy (non-hydrogen) atoms. The normalized spacial score (nSPS) is 11.7. The zero-order valence-electron chi connectivity index (χ0n) is 18.5. The Labute approximate surface area is 178 Å². The molecule has 4 nitrogen and oxygen atoms in total. The van der Waals surface area contributed by atoms with Crippen LogP contribution in [0.15, 0.2) is 25.3 Å². The quantitative estimate of drug-likeness (QED) is 0.116. The monoisotopic (exact) mass is 408 g/mol.